The molecule has 16 heavy (non-hydrogen) atoms. The first-order valence-electron chi connectivity index (χ1n) is 6.16. The Morgan fingerprint density at radius 1 is 1.31 bits per heavy atom. The normalized spacial score (nSPS) is 45.6. The van der Waals surface area contributed by atoms with Gasteiger partial charge in [0.25, 0.3) is 0 Å². The summed E-state index contributed by atoms with van der Waals surface area (Å²) in [5, 5.41) is 0. The number of likely N-dealkylation sites (N-methyl/N-ethyl adjacent to an activating group) is 1. The number of carbonyl (C=O) groups is 1. The van der Waals surface area contributed by atoms with Gasteiger partial charge in [-0.2, -0.15) is 0 Å². The Bertz CT molecular complexity index is 299. The van der Waals surface area contributed by atoms with Gasteiger partial charge in [-0.3, -0.25) is 9.69 Å². The first kappa shape index (κ1) is 10.5. The topological polar surface area (TPSA) is 42.1 Å². The number of piperidine rings is 1. The molecule has 0 amide bonds. The van der Waals surface area contributed by atoms with E-state index in [-0.39, 0.29) is 18.0 Å². The summed E-state index contributed by atoms with van der Waals surface area (Å²) in [6, 6.07) is 0.933. The molecule has 0 radical (unpaired) electrons. The lowest BCUT2D eigenvalue weighted by Gasteiger charge is -2.38. The number of ether oxygens (including phenoxy) is 2. The van der Waals surface area contributed by atoms with Crippen molar-refractivity contribution in [3.8, 4) is 0 Å². The number of rotatable bonds is 2. The van der Waals surface area contributed by atoms with Crippen LogP contribution in [0.3, 0.4) is 0 Å². The number of epoxide rings is 1. The highest BCUT2D eigenvalue weighted by Gasteiger charge is 2.62. The van der Waals surface area contributed by atoms with Crippen LogP contribution in [-0.2, 0) is 14.3 Å². The summed E-state index contributed by atoms with van der Waals surface area (Å²) in [6.45, 7) is 3.76. The Hall–Kier alpha value is -0.610. The number of hydrogen-bond donors (Lipinski definition) is 0. The number of carbonyl (C=O) groups excluding carboxylic acids is 1. The van der Waals surface area contributed by atoms with Crippen molar-refractivity contribution < 1.29 is 14.3 Å². The predicted octanol–water partition coefficient (Wildman–Crippen LogP) is 0.798. The Morgan fingerprint density at radius 2 is 1.88 bits per heavy atom. The molecular weight excluding hydrogens is 206 g/mol. The molecule has 3 rings (SSSR count). The lowest BCUT2D eigenvalue weighted by Crippen LogP contribution is -2.48. The van der Waals surface area contributed by atoms with Gasteiger partial charge >= 0.3 is 5.97 Å². The fourth-order valence-electron chi connectivity index (χ4n) is 3.10. The Labute approximate surface area is 95.9 Å². The zero-order chi connectivity index (χ0) is 11.4. The van der Waals surface area contributed by atoms with Gasteiger partial charge in [-0.05, 0) is 7.05 Å². The third-order valence-electron chi connectivity index (χ3n) is 4.13. The summed E-state index contributed by atoms with van der Waals surface area (Å²) >= 11 is 0. The van der Waals surface area contributed by atoms with Gasteiger partial charge in [0.1, 0.15) is 18.3 Å². The van der Waals surface area contributed by atoms with E-state index >= 15 is 0 Å². The monoisotopic (exact) mass is 225 g/mol. The first-order valence-corrected chi connectivity index (χ1v) is 6.16. The summed E-state index contributed by atoms with van der Waals surface area (Å²) in [7, 11) is 2.16. The molecule has 3 aliphatic rings. The largest absolute Gasteiger partial charge is 0.462 e. The molecule has 0 aromatic carbocycles. The van der Waals surface area contributed by atoms with Crippen molar-refractivity contribution in [1.82, 2.24) is 4.90 Å². The molecular formula is C12H19NO3. The molecule has 3 fully saturated rings. The highest BCUT2D eigenvalue weighted by Crippen LogP contribution is 2.47. The average Bonchev–Trinajstić information content (AvgIpc) is 2.95. The quantitative estimate of drug-likeness (QED) is 0.515. The lowest BCUT2D eigenvalue weighted by atomic mass is 9.99. The van der Waals surface area contributed by atoms with E-state index in [1.165, 1.54) is 0 Å². The third kappa shape index (κ3) is 1.47. The van der Waals surface area contributed by atoms with Gasteiger partial charge in [0.15, 0.2) is 0 Å². The molecule has 0 aromatic heterocycles. The van der Waals surface area contributed by atoms with Crippen LogP contribution in [0.25, 0.3) is 0 Å². The maximum atomic E-state index is 11.6. The van der Waals surface area contributed by atoms with E-state index in [9.17, 15) is 4.79 Å². The molecule has 4 heteroatoms. The van der Waals surface area contributed by atoms with Crippen molar-refractivity contribution in [1.29, 1.82) is 0 Å². The van der Waals surface area contributed by atoms with Crippen molar-refractivity contribution in [3.63, 3.8) is 0 Å². The standard InChI is InChI=1S/C12H19NO3/c1-6(2)12(14)15-7-4-8-10-11(16-10)9(5-7)13(8)3/h6-11H,4-5H2,1-3H3. The summed E-state index contributed by atoms with van der Waals surface area (Å²) in [5.41, 5.74) is 0. The molecule has 0 N–H and O–H groups in total. The van der Waals surface area contributed by atoms with Crippen LogP contribution < -0.4 is 0 Å². The summed E-state index contributed by atoms with van der Waals surface area (Å²) < 4.78 is 11.1. The van der Waals surface area contributed by atoms with E-state index < -0.39 is 0 Å². The minimum absolute atomic E-state index is 0.0249. The lowest BCUT2D eigenvalue weighted by molar-refractivity contribution is -0.157. The first-order chi connectivity index (χ1) is 7.58. The van der Waals surface area contributed by atoms with E-state index in [1.54, 1.807) is 0 Å². The second-order valence-electron chi connectivity index (χ2n) is 5.55. The zero-order valence-electron chi connectivity index (χ0n) is 10.1. The SMILES string of the molecule is CC(C)C(=O)OC1CC2C3OC3C(C1)N2C. The number of nitrogens with zero attached hydrogens (tertiary/aromatic N) is 1. The highest BCUT2D eigenvalue weighted by atomic mass is 16.6. The Morgan fingerprint density at radius 3 is 2.38 bits per heavy atom. The molecule has 4 unspecified atom stereocenters. The second kappa shape index (κ2) is 3.44. The molecule has 0 aromatic rings. The van der Waals surface area contributed by atoms with Gasteiger partial charge in [-0.15, -0.1) is 0 Å². The van der Waals surface area contributed by atoms with E-state index in [1.807, 2.05) is 13.8 Å². The summed E-state index contributed by atoms with van der Waals surface area (Å²) in [6.07, 6.45) is 2.81. The number of hydrogen-bond acceptors (Lipinski definition) is 4. The van der Waals surface area contributed by atoms with Crippen LogP contribution in [0.4, 0.5) is 0 Å². The van der Waals surface area contributed by atoms with Gasteiger partial charge in [0.2, 0.25) is 0 Å². The molecule has 0 aliphatic carbocycles. The van der Waals surface area contributed by atoms with Gasteiger partial charge in [-0.1, -0.05) is 13.8 Å². The van der Waals surface area contributed by atoms with Crippen LogP contribution in [0.2, 0.25) is 0 Å². The fraction of sp³-hybridized carbons (Fsp3) is 0.917. The number of morpholine rings is 1. The molecule has 2 bridgehead atoms. The fourth-order valence-corrected chi connectivity index (χ4v) is 3.10. The molecule has 0 spiro atoms. The smallest absolute Gasteiger partial charge is 0.308 e. The highest BCUT2D eigenvalue weighted by molar-refractivity contribution is 5.71. The predicted molar refractivity (Wildman–Crippen MR) is 58.0 cm³/mol. The van der Waals surface area contributed by atoms with Crippen LogP contribution >= 0.6 is 0 Å². The number of esters is 1. The third-order valence-corrected chi connectivity index (χ3v) is 4.13. The number of fused-ring (bicyclic) bond motifs is 5. The zero-order valence-corrected chi connectivity index (χ0v) is 10.1. The second-order valence-corrected chi connectivity index (χ2v) is 5.55. The minimum atomic E-state index is -0.0662. The molecule has 4 nitrogen and oxygen atoms in total. The molecule has 3 heterocycles. The van der Waals surface area contributed by atoms with Crippen molar-refractivity contribution in [2.75, 3.05) is 7.05 Å². The van der Waals surface area contributed by atoms with Crippen LogP contribution in [0.1, 0.15) is 26.7 Å². The van der Waals surface area contributed by atoms with Gasteiger partial charge in [-0.25, -0.2) is 0 Å². The molecule has 3 saturated heterocycles. The minimum Gasteiger partial charge on any atom is -0.462 e. The van der Waals surface area contributed by atoms with Crippen LogP contribution in [0.5, 0.6) is 0 Å². The van der Waals surface area contributed by atoms with Gasteiger partial charge < -0.3 is 9.47 Å². The summed E-state index contributed by atoms with van der Waals surface area (Å²) in [4.78, 5) is 14.0. The van der Waals surface area contributed by atoms with Crippen molar-refractivity contribution >= 4 is 5.97 Å². The maximum Gasteiger partial charge on any atom is 0.308 e. The molecule has 4 atom stereocenters. The maximum absolute atomic E-state index is 11.6. The molecule has 0 saturated carbocycles. The Balaban J connectivity index is 1.63. The van der Waals surface area contributed by atoms with E-state index in [2.05, 4.69) is 11.9 Å². The average molecular weight is 225 g/mol. The van der Waals surface area contributed by atoms with E-state index in [4.69, 9.17) is 9.47 Å². The van der Waals surface area contributed by atoms with Crippen molar-refractivity contribution in [2.45, 2.75) is 57.1 Å². The van der Waals surface area contributed by atoms with E-state index in [0.29, 0.717) is 24.3 Å². The van der Waals surface area contributed by atoms with E-state index in [0.717, 1.165) is 12.8 Å². The van der Waals surface area contributed by atoms with Crippen LogP contribution in [0.15, 0.2) is 0 Å². The molecule has 3 aliphatic heterocycles. The van der Waals surface area contributed by atoms with Crippen LogP contribution in [0, 0.1) is 5.92 Å². The summed E-state index contributed by atoms with van der Waals surface area (Å²) in [5.74, 6) is -0.0911. The Kier molecular flexibility index (Phi) is 2.27. The molecule has 90 valence electrons. The van der Waals surface area contributed by atoms with Crippen LogP contribution in [-0.4, -0.2) is 48.3 Å². The van der Waals surface area contributed by atoms with Gasteiger partial charge in [0, 0.05) is 24.9 Å². The van der Waals surface area contributed by atoms with Crippen molar-refractivity contribution in [3.05, 3.63) is 0 Å². The van der Waals surface area contributed by atoms with Crippen molar-refractivity contribution in [2.24, 2.45) is 5.92 Å². The van der Waals surface area contributed by atoms with Gasteiger partial charge in [0.05, 0.1) is 5.92 Å².